The maximum Gasteiger partial charge on any atom is 0.193 e. The predicted octanol–water partition coefficient (Wildman–Crippen LogP) is 1.61. The van der Waals surface area contributed by atoms with E-state index in [1.165, 1.54) is 0 Å². The van der Waals surface area contributed by atoms with Gasteiger partial charge in [0.15, 0.2) is 5.96 Å². The van der Waals surface area contributed by atoms with Gasteiger partial charge in [-0.15, -0.1) is 0 Å². The second-order valence-electron chi connectivity index (χ2n) is 7.12. The van der Waals surface area contributed by atoms with Crippen molar-refractivity contribution in [2.45, 2.75) is 19.3 Å². The Morgan fingerprint density at radius 1 is 1.26 bits per heavy atom. The lowest BCUT2D eigenvalue weighted by Crippen LogP contribution is -2.52. The fraction of sp³-hybridized carbons (Fsp3) is 0.700. The van der Waals surface area contributed by atoms with Gasteiger partial charge < -0.3 is 24.6 Å². The predicted molar refractivity (Wildman–Crippen MR) is 108 cm³/mol. The maximum atomic E-state index is 5.83. The maximum absolute atomic E-state index is 5.83. The van der Waals surface area contributed by atoms with Crippen LogP contribution in [0, 0.1) is 5.92 Å². The Labute approximate surface area is 162 Å². The molecular formula is C20H33N5O2. The standard InChI is InChI=1S/C20H33N5O2/c1-21-20(23-9-4-14-27-17-18-6-15-26-16-7-18)25-12-10-24(11-13-25)19-5-2-3-8-22-19/h2-3,5,8,18H,4,6-7,9-17H2,1H3,(H,21,23). The lowest BCUT2D eigenvalue weighted by atomic mass is 10.0. The van der Waals surface area contributed by atoms with Gasteiger partial charge in [-0.25, -0.2) is 4.98 Å². The van der Waals surface area contributed by atoms with E-state index < -0.39 is 0 Å². The van der Waals surface area contributed by atoms with Crippen molar-refractivity contribution in [2.75, 3.05) is 71.1 Å². The van der Waals surface area contributed by atoms with Gasteiger partial charge in [0.25, 0.3) is 0 Å². The van der Waals surface area contributed by atoms with E-state index in [0.717, 1.165) is 90.2 Å². The first-order valence-corrected chi connectivity index (χ1v) is 10.1. The molecular weight excluding hydrogens is 342 g/mol. The molecule has 2 saturated heterocycles. The normalized spacial score (nSPS) is 19.4. The SMILES string of the molecule is CN=C(NCCCOCC1CCOCC1)N1CCN(c2ccccn2)CC1. The van der Waals surface area contributed by atoms with E-state index in [2.05, 4.69) is 31.2 Å². The van der Waals surface area contributed by atoms with Crippen LogP contribution in [0.1, 0.15) is 19.3 Å². The second kappa shape index (κ2) is 11.1. The zero-order valence-electron chi connectivity index (χ0n) is 16.5. The van der Waals surface area contributed by atoms with E-state index in [9.17, 15) is 0 Å². The molecule has 2 aliphatic heterocycles. The van der Waals surface area contributed by atoms with Gasteiger partial charge in [-0.05, 0) is 37.3 Å². The molecule has 0 aromatic carbocycles. The summed E-state index contributed by atoms with van der Waals surface area (Å²) in [5.41, 5.74) is 0. The highest BCUT2D eigenvalue weighted by molar-refractivity contribution is 5.80. The van der Waals surface area contributed by atoms with Gasteiger partial charge in [-0.2, -0.15) is 0 Å². The molecule has 7 heteroatoms. The number of ether oxygens (including phenoxy) is 2. The number of aromatic nitrogens is 1. The van der Waals surface area contributed by atoms with Crippen LogP contribution in [0.25, 0.3) is 0 Å². The molecule has 3 heterocycles. The van der Waals surface area contributed by atoms with Gasteiger partial charge in [0.1, 0.15) is 5.82 Å². The van der Waals surface area contributed by atoms with Crippen molar-refractivity contribution in [1.29, 1.82) is 0 Å². The van der Waals surface area contributed by atoms with Crippen molar-refractivity contribution in [3.63, 3.8) is 0 Å². The van der Waals surface area contributed by atoms with Gasteiger partial charge >= 0.3 is 0 Å². The molecule has 0 spiro atoms. The highest BCUT2D eigenvalue weighted by Gasteiger charge is 2.20. The van der Waals surface area contributed by atoms with E-state index in [1.807, 2.05) is 25.4 Å². The third-order valence-corrected chi connectivity index (χ3v) is 5.21. The topological polar surface area (TPSA) is 62.2 Å². The number of anilines is 1. The lowest BCUT2D eigenvalue weighted by Gasteiger charge is -2.37. The number of pyridine rings is 1. The molecule has 0 saturated carbocycles. The molecule has 1 aromatic rings. The molecule has 27 heavy (non-hydrogen) atoms. The van der Waals surface area contributed by atoms with Gasteiger partial charge in [0.2, 0.25) is 0 Å². The van der Waals surface area contributed by atoms with Crippen LogP contribution < -0.4 is 10.2 Å². The number of hydrogen-bond donors (Lipinski definition) is 1. The summed E-state index contributed by atoms with van der Waals surface area (Å²) in [6, 6.07) is 6.07. The van der Waals surface area contributed by atoms with Crippen LogP contribution in [0.2, 0.25) is 0 Å². The summed E-state index contributed by atoms with van der Waals surface area (Å²) in [6.45, 7) is 8.17. The summed E-state index contributed by atoms with van der Waals surface area (Å²) in [6.07, 6.45) is 5.12. The molecule has 0 amide bonds. The molecule has 0 radical (unpaired) electrons. The fourth-order valence-electron chi connectivity index (χ4n) is 3.56. The average Bonchev–Trinajstić information content (AvgIpc) is 2.75. The summed E-state index contributed by atoms with van der Waals surface area (Å²) < 4.78 is 11.2. The highest BCUT2D eigenvalue weighted by Crippen LogP contribution is 2.15. The van der Waals surface area contributed by atoms with Crippen LogP contribution in [0.3, 0.4) is 0 Å². The van der Waals surface area contributed by atoms with Crippen LogP contribution in [0.4, 0.5) is 5.82 Å². The average molecular weight is 376 g/mol. The molecule has 0 unspecified atom stereocenters. The molecule has 0 aliphatic carbocycles. The Kier molecular flexibility index (Phi) is 8.17. The van der Waals surface area contributed by atoms with E-state index in [-0.39, 0.29) is 0 Å². The van der Waals surface area contributed by atoms with Crippen molar-refractivity contribution in [1.82, 2.24) is 15.2 Å². The zero-order chi connectivity index (χ0) is 18.7. The Morgan fingerprint density at radius 3 is 2.78 bits per heavy atom. The zero-order valence-corrected chi connectivity index (χ0v) is 16.5. The van der Waals surface area contributed by atoms with Crippen molar-refractivity contribution >= 4 is 11.8 Å². The van der Waals surface area contributed by atoms with Gasteiger partial charge in [0, 0.05) is 72.4 Å². The first-order chi connectivity index (χ1) is 13.4. The molecule has 0 atom stereocenters. The second-order valence-corrected chi connectivity index (χ2v) is 7.12. The summed E-state index contributed by atoms with van der Waals surface area (Å²) in [5.74, 6) is 2.72. The number of rotatable bonds is 7. The Hall–Kier alpha value is -1.86. The number of piperazine rings is 1. The molecule has 2 aliphatic rings. The quantitative estimate of drug-likeness (QED) is 0.444. The van der Waals surface area contributed by atoms with Crippen LogP contribution in [0.15, 0.2) is 29.4 Å². The van der Waals surface area contributed by atoms with Crippen molar-refractivity contribution in [3.8, 4) is 0 Å². The number of nitrogens with zero attached hydrogens (tertiary/aromatic N) is 4. The highest BCUT2D eigenvalue weighted by atomic mass is 16.5. The molecule has 0 bridgehead atoms. The van der Waals surface area contributed by atoms with Crippen molar-refractivity contribution < 1.29 is 9.47 Å². The first-order valence-electron chi connectivity index (χ1n) is 10.1. The van der Waals surface area contributed by atoms with Crippen LogP contribution in [0.5, 0.6) is 0 Å². The molecule has 7 nitrogen and oxygen atoms in total. The van der Waals surface area contributed by atoms with Crippen molar-refractivity contribution in [3.05, 3.63) is 24.4 Å². The van der Waals surface area contributed by atoms with E-state index in [0.29, 0.717) is 5.92 Å². The summed E-state index contributed by atoms with van der Waals surface area (Å²) >= 11 is 0. The first kappa shape index (κ1) is 19.9. The smallest absolute Gasteiger partial charge is 0.193 e. The third-order valence-electron chi connectivity index (χ3n) is 5.21. The van der Waals surface area contributed by atoms with E-state index in [4.69, 9.17) is 9.47 Å². The minimum atomic E-state index is 0.676. The van der Waals surface area contributed by atoms with Crippen LogP contribution in [-0.4, -0.2) is 82.0 Å². The largest absolute Gasteiger partial charge is 0.381 e. The van der Waals surface area contributed by atoms with Gasteiger partial charge in [0.05, 0.1) is 0 Å². The Morgan fingerprint density at radius 2 is 2.07 bits per heavy atom. The van der Waals surface area contributed by atoms with E-state index in [1.54, 1.807) is 0 Å². The summed E-state index contributed by atoms with van der Waals surface area (Å²) in [7, 11) is 1.86. The minimum absolute atomic E-state index is 0.676. The Balaban J connectivity index is 1.29. The minimum Gasteiger partial charge on any atom is -0.381 e. The number of nitrogens with one attached hydrogen (secondary N) is 1. The molecule has 1 aromatic heterocycles. The van der Waals surface area contributed by atoms with Crippen molar-refractivity contribution in [2.24, 2.45) is 10.9 Å². The van der Waals surface area contributed by atoms with Gasteiger partial charge in [-0.1, -0.05) is 6.07 Å². The van der Waals surface area contributed by atoms with E-state index >= 15 is 0 Å². The number of aliphatic imine (C=N–C) groups is 1. The summed E-state index contributed by atoms with van der Waals surface area (Å²) in [4.78, 5) is 13.5. The lowest BCUT2D eigenvalue weighted by molar-refractivity contribution is 0.0203. The van der Waals surface area contributed by atoms with Gasteiger partial charge in [-0.3, -0.25) is 4.99 Å². The van der Waals surface area contributed by atoms with Crippen LogP contribution in [-0.2, 0) is 9.47 Å². The van der Waals surface area contributed by atoms with Crippen LogP contribution >= 0.6 is 0 Å². The number of hydrogen-bond acceptors (Lipinski definition) is 5. The molecule has 1 N–H and O–H groups in total. The molecule has 2 fully saturated rings. The number of guanidine groups is 1. The summed E-state index contributed by atoms with van der Waals surface area (Å²) in [5, 5.41) is 3.47. The third kappa shape index (κ3) is 6.36. The fourth-order valence-corrected chi connectivity index (χ4v) is 3.56. The molecule has 3 rings (SSSR count). The molecule has 150 valence electrons. The monoisotopic (exact) mass is 375 g/mol. The Bertz CT molecular complexity index is 555.